The van der Waals surface area contributed by atoms with Gasteiger partial charge in [0.1, 0.15) is 12.1 Å². The molecule has 1 atom stereocenters. The number of hydrogen-bond donors (Lipinski definition) is 1. The summed E-state index contributed by atoms with van der Waals surface area (Å²) in [4.78, 5) is 13.2. The molecule has 0 radical (unpaired) electrons. The average molecular weight is 296 g/mol. The molecule has 0 saturated heterocycles. The van der Waals surface area contributed by atoms with E-state index in [4.69, 9.17) is 5.26 Å². The molecule has 1 N–H and O–H groups in total. The van der Waals surface area contributed by atoms with Gasteiger partial charge in [-0.2, -0.15) is 5.26 Å². The van der Waals surface area contributed by atoms with Crippen molar-refractivity contribution >= 4 is 27.5 Å². The number of nitriles is 1. The third-order valence-electron chi connectivity index (χ3n) is 2.28. The van der Waals surface area contributed by atoms with E-state index in [1.165, 1.54) is 4.90 Å². The number of amides is 1. The first-order valence-corrected chi connectivity index (χ1v) is 5.92. The van der Waals surface area contributed by atoms with Crippen LogP contribution in [0.3, 0.4) is 0 Å². The Bertz CT molecular complexity index is 465. The molecule has 5 heteroatoms. The summed E-state index contributed by atoms with van der Waals surface area (Å²) in [6.45, 7) is 1.80. The molecule has 0 fully saturated rings. The SMILES string of the molecule is CC(Nc1ccc(C#N)c(Br)c1)C(=O)N(C)C. The molecule has 1 aromatic carbocycles. The Morgan fingerprint density at radius 2 is 2.18 bits per heavy atom. The molecule has 0 aliphatic rings. The van der Waals surface area contributed by atoms with Gasteiger partial charge >= 0.3 is 0 Å². The number of anilines is 1. The van der Waals surface area contributed by atoms with Gasteiger partial charge in [-0.25, -0.2) is 0 Å². The number of benzene rings is 1. The number of likely N-dealkylation sites (N-methyl/N-ethyl adjacent to an activating group) is 1. The number of rotatable bonds is 3. The zero-order valence-corrected chi connectivity index (χ0v) is 11.6. The van der Waals surface area contributed by atoms with Crippen LogP contribution in [0.25, 0.3) is 0 Å². The van der Waals surface area contributed by atoms with Crippen molar-refractivity contribution in [2.24, 2.45) is 0 Å². The Balaban J connectivity index is 2.80. The molecule has 0 saturated carbocycles. The van der Waals surface area contributed by atoms with Crippen LogP contribution < -0.4 is 5.32 Å². The first-order valence-electron chi connectivity index (χ1n) is 5.13. The van der Waals surface area contributed by atoms with Crippen LogP contribution in [0.2, 0.25) is 0 Å². The van der Waals surface area contributed by atoms with Crippen molar-refractivity contribution in [2.75, 3.05) is 19.4 Å². The third-order valence-corrected chi connectivity index (χ3v) is 2.94. The molecular weight excluding hydrogens is 282 g/mol. The Morgan fingerprint density at radius 3 is 2.65 bits per heavy atom. The van der Waals surface area contributed by atoms with Gasteiger partial charge in [0.15, 0.2) is 0 Å². The summed E-state index contributed by atoms with van der Waals surface area (Å²) in [6.07, 6.45) is 0. The van der Waals surface area contributed by atoms with E-state index in [9.17, 15) is 4.79 Å². The zero-order valence-electron chi connectivity index (χ0n) is 9.99. The number of carbonyl (C=O) groups is 1. The molecule has 1 unspecified atom stereocenters. The Labute approximate surface area is 109 Å². The molecule has 90 valence electrons. The third kappa shape index (κ3) is 3.46. The van der Waals surface area contributed by atoms with E-state index < -0.39 is 0 Å². The number of hydrogen-bond acceptors (Lipinski definition) is 3. The summed E-state index contributed by atoms with van der Waals surface area (Å²) in [5, 5.41) is 11.9. The molecule has 1 aromatic rings. The van der Waals surface area contributed by atoms with Gasteiger partial charge in [-0.3, -0.25) is 4.79 Å². The van der Waals surface area contributed by atoms with Gasteiger partial charge in [-0.05, 0) is 41.1 Å². The van der Waals surface area contributed by atoms with Gasteiger partial charge in [0, 0.05) is 24.3 Å². The second-order valence-electron chi connectivity index (χ2n) is 3.91. The van der Waals surface area contributed by atoms with E-state index in [2.05, 4.69) is 27.3 Å². The summed E-state index contributed by atoms with van der Waals surface area (Å²) in [7, 11) is 3.43. The topological polar surface area (TPSA) is 56.1 Å². The van der Waals surface area contributed by atoms with Crippen LogP contribution in [0.5, 0.6) is 0 Å². The molecule has 1 amide bonds. The Morgan fingerprint density at radius 1 is 1.53 bits per heavy atom. The van der Waals surface area contributed by atoms with Crippen molar-refractivity contribution < 1.29 is 4.79 Å². The number of halogens is 1. The van der Waals surface area contributed by atoms with Crippen molar-refractivity contribution in [3.8, 4) is 6.07 Å². The fraction of sp³-hybridized carbons (Fsp3) is 0.333. The van der Waals surface area contributed by atoms with E-state index in [0.29, 0.717) is 5.56 Å². The van der Waals surface area contributed by atoms with Crippen LogP contribution in [0.15, 0.2) is 22.7 Å². The molecular formula is C12H14BrN3O. The average Bonchev–Trinajstić information content (AvgIpc) is 2.28. The maximum absolute atomic E-state index is 11.7. The van der Waals surface area contributed by atoms with Crippen LogP contribution in [0, 0.1) is 11.3 Å². The van der Waals surface area contributed by atoms with E-state index >= 15 is 0 Å². The number of nitrogens with zero attached hydrogens (tertiary/aromatic N) is 2. The lowest BCUT2D eigenvalue weighted by Gasteiger charge is -2.19. The van der Waals surface area contributed by atoms with Gasteiger partial charge in [0.05, 0.1) is 5.56 Å². The van der Waals surface area contributed by atoms with E-state index in [-0.39, 0.29) is 11.9 Å². The van der Waals surface area contributed by atoms with Crippen LogP contribution >= 0.6 is 15.9 Å². The van der Waals surface area contributed by atoms with Gasteiger partial charge in [0.25, 0.3) is 0 Å². The second-order valence-corrected chi connectivity index (χ2v) is 4.76. The van der Waals surface area contributed by atoms with Crippen LogP contribution in [0.1, 0.15) is 12.5 Å². The van der Waals surface area contributed by atoms with E-state index in [0.717, 1.165) is 10.2 Å². The highest BCUT2D eigenvalue weighted by Gasteiger charge is 2.14. The molecule has 0 aromatic heterocycles. The maximum Gasteiger partial charge on any atom is 0.244 e. The molecule has 0 bridgehead atoms. The molecule has 17 heavy (non-hydrogen) atoms. The monoisotopic (exact) mass is 295 g/mol. The van der Waals surface area contributed by atoms with Crippen molar-refractivity contribution in [1.29, 1.82) is 5.26 Å². The van der Waals surface area contributed by atoms with Crippen molar-refractivity contribution in [3.05, 3.63) is 28.2 Å². The normalized spacial score (nSPS) is 11.5. The smallest absolute Gasteiger partial charge is 0.244 e. The summed E-state index contributed by atoms with van der Waals surface area (Å²) in [5.41, 5.74) is 1.38. The van der Waals surface area contributed by atoms with Crippen molar-refractivity contribution in [3.63, 3.8) is 0 Å². The summed E-state index contributed by atoms with van der Waals surface area (Å²) < 4.78 is 0.717. The number of carbonyl (C=O) groups excluding carboxylic acids is 1. The summed E-state index contributed by atoms with van der Waals surface area (Å²) in [6, 6.07) is 7.04. The zero-order chi connectivity index (χ0) is 13.0. The lowest BCUT2D eigenvalue weighted by molar-refractivity contribution is -0.129. The van der Waals surface area contributed by atoms with Crippen LogP contribution in [-0.2, 0) is 4.79 Å². The minimum atomic E-state index is -0.301. The minimum Gasteiger partial charge on any atom is -0.374 e. The Kier molecular flexibility index (Phi) is 4.53. The highest BCUT2D eigenvalue weighted by atomic mass is 79.9. The molecule has 0 aliphatic carbocycles. The number of nitrogens with one attached hydrogen (secondary N) is 1. The van der Waals surface area contributed by atoms with Crippen molar-refractivity contribution in [1.82, 2.24) is 4.90 Å². The largest absolute Gasteiger partial charge is 0.374 e. The predicted molar refractivity (Wildman–Crippen MR) is 70.6 cm³/mol. The minimum absolute atomic E-state index is 0.00508. The van der Waals surface area contributed by atoms with E-state index in [1.807, 2.05) is 0 Å². The lowest BCUT2D eigenvalue weighted by Crippen LogP contribution is -2.36. The highest BCUT2D eigenvalue weighted by Crippen LogP contribution is 2.21. The van der Waals surface area contributed by atoms with Crippen molar-refractivity contribution in [2.45, 2.75) is 13.0 Å². The molecule has 0 heterocycles. The van der Waals surface area contributed by atoms with Gasteiger partial charge in [0.2, 0.25) is 5.91 Å². The first-order chi connectivity index (χ1) is 7.95. The predicted octanol–water partition coefficient (Wildman–Crippen LogP) is 2.21. The lowest BCUT2D eigenvalue weighted by atomic mass is 10.2. The van der Waals surface area contributed by atoms with Crippen LogP contribution in [0.4, 0.5) is 5.69 Å². The summed E-state index contributed by atoms with van der Waals surface area (Å²) in [5.74, 6) is 0.00508. The second kappa shape index (κ2) is 5.69. The molecule has 4 nitrogen and oxygen atoms in total. The maximum atomic E-state index is 11.7. The fourth-order valence-electron chi connectivity index (χ4n) is 1.39. The van der Waals surface area contributed by atoms with Gasteiger partial charge in [-0.15, -0.1) is 0 Å². The fourth-order valence-corrected chi connectivity index (χ4v) is 1.86. The van der Waals surface area contributed by atoms with Crippen LogP contribution in [-0.4, -0.2) is 30.9 Å². The first kappa shape index (κ1) is 13.5. The molecule has 0 spiro atoms. The molecule has 1 rings (SSSR count). The quantitative estimate of drug-likeness (QED) is 0.930. The van der Waals surface area contributed by atoms with E-state index in [1.54, 1.807) is 39.2 Å². The van der Waals surface area contributed by atoms with Gasteiger partial charge in [-0.1, -0.05) is 0 Å². The Hall–Kier alpha value is -1.54. The van der Waals surface area contributed by atoms with Gasteiger partial charge < -0.3 is 10.2 Å². The molecule has 0 aliphatic heterocycles. The summed E-state index contributed by atoms with van der Waals surface area (Å²) >= 11 is 3.31. The standard InChI is InChI=1S/C12H14BrN3O/c1-8(12(17)16(2)3)15-10-5-4-9(7-14)11(13)6-10/h4-6,8,15H,1-3H3. The highest BCUT2D eigenvalue weighted by molar-refractivity contribution is 9.10.